The molecule has 0 spiro atoms. The smallest absolute Gasteiger partial charge is 0.0662 e. The first kappa shape index (κ1) is 9.10. The van der Waals surface area contributed by atoms with Gasteiger partial charge in [-0.2, -0.15) is 12.6 Å². The summed E-state index contributed by atoms with van der Waals surface area (Å²) >= 11 is 4.12. The van der Waals surface area contributed by atoms with Gasteiger partial charge in [0.15, 0.2) is 0 Å². The molecule has 2 rings (SSSR count). The van der Waals surface area contributed by atoms with Crippen LogP contribution in [-0.4, -0.2) is 17.0 Å². The first-order valence-electron chi connectivity index (χ1n) is 4.67. The van der Waals surface area contributed by atoms with Gasteiger partial charge in [0.25, 0.3) is 0 Å². The highest BCUT2D eigenvalue weighted by Crippen LogP contribution is 2.28. The lowest BCUT2D eigenvalue weighted by atomic mass is 10.0. The highest BCUT2D eigenvalue weighted by Gasteiger charge is 2.25. The van der Waals surface area contributed by atoms with Crippen LogP contribution in [0.3, 0.4) is 0 Å². The van der Waals surface area contributed by atoms with E-state index in [0.717, 1.165) is 12.8 Å². The van der Waals surface area contributed by atoms with Crippen molar-refractivity contribution in [3.05, 3.63) is 35.4 Å². The van der Waals surface area contributed by atoms with Crippen LogP contribution in [0.5, 0.6) is 0 Å². The van der Waals surface area contributed by atoms with Gasteiger partial charge in [-0.1, -0.05) is 24.3 Å². The predicted molar refractivity (Wildman–Crippen MR) is 57.2 cm³/mol. The highest BCUT2D eigenvalue weighted by atomic mass is 32.1. The molecule has 1 nitrogen and oxygen atoms in total. The van der Waals surface area contributed by atoms with Gasteiger partial charge in [0.05, 0.1) is 6.10 Å². The van der Waals surface area contributed by atoms with Gasteiger partial charge >= 0.3 is 0 Å². The average Bonchev–Trinajstić information content (AvgIpc) is 2.59. The Morgan fingerprint density at radius 3 is 2.31 bits per heavy atom. The number of aliphatic hydroxyl groups excluding tert-OH is 1. The molecule has 0 bridgehead atoms. The Balaban J connectivity index is 2.14. The van der Waals surface area contributed by atoms with Gasteiger partial charge in [-0.05, 0) is 29.9 Å². The molecule has 1 unspecified atom stereocenters. The lowest BCUT2D eigenvalue weighted by Gasteiger charge is -2.14. The SMILES string of the molecule is OC(CS)C1Cc2ccccc2C1. The summed E-state index contributed by atoms with van der Waals surface area (Å²) in [5.41, 5.74) is 2.79. The van der Waals surface area contributed by atoms with Gasteiger partial charge in [-0.3, -0.25) is 0 Å². The van der Waals surface area contributed by atoms with Crippen molar-refractivity contribution in [2.24, 2.45) is 5.92 Å². The van der Waals surface area contributed by atoms with Crippen LogP contribution in [-0.2, 0) is 12.8 Å². The lowest BCUT2D eigenvalue weighted by Crippen LogP contribution is -2.22. The number of hydrogen-bond acceptors (Lipinski definition) is 2. The van der Waals surface area contributed by atoms with Gasteiger partial charge in [-0.25, -0.2) is 0 Å². The first-order valence-corrected chi connectivity index (χ1v) is 5.30. The Labute approximate surface area is 84.2 Å². The molecule has 0 fully saturated rings. The summed E-state index contributed by atoms with van der Waals surface area (Å²) in [6.07, 6.45) is 1.77. The molecule has 1 aliphatic carbocycles. The van der Waals surface area contributed by atoms with E-state index < -0.39 is 0 Å². The van der Waals surface area contributed by atoms with Crippen molar-refractivity contribution in [3.63, 3.8) is 0 Å². The van der Waals surface area contributed by atoms with Crippen molar-refractivity contribution in [1.29, 1.82) is 0 Å². The Bertz CT molecular complexity index is 273. The number of fused-ring (bicyclic) bond motifs is 1. The van der Waals surface area contributed by atoms with Crippen LogP contribution >= 0.6 is 12.6 Å². The summed E-state index contributed by atoms with van der Waals surface area (Å²) in [7, 11) is 0. The largest absolute Gasteiger partial charge is 0.392 e. The molecular formula is C11H14OS. The Morgan fingerprint density at radius 1 is 1.31 bits per heavy atom. The van der Waals surface area contributed by atoms with Crippen molar-refractivity contribution in [2.45, 2.75) is 18.9 Å². The Kier molecular flexibility index (Phi) is 2.61. The molecule has 70 valence electrons. The summed E-state index contributed by atoms with van der Waals surface area (Å²) in [5.74, 6) is 0.952. The molecule has 0 saturated heterocycles. The van der Waals surface area contributed by atoms with Crippen molar-refractivity contribution in [2.75, 3.05) is 5.75 Å². The molecule has 0 aromatic heterocycles. The number of rotatable bonds is 2. The maximum atomic E-state index is 9.65. The first-order chi connectivity index (χ1) is 6.31. The average molecular weight is 194 g/mol. The molecule has 0 amide bonds. The lowest BCUT2D eigenvalue weighted by molar-refractivity contribution is 0.135. The molecule has 1 aliphatic rings. The normalized spacial score (nSPS) is 18.6. The second-order valence-corrected chi connectivity index (χ2v) is 4.05. The van der Waals surface area contributed by atoms with Crippen LogP contribution in [0.1, 0.15) is 11.1 Å². The minimum absolute atomic E-state index is 0.254. The van der Waals surface area contributed by atoms with Crippen LogP contribution in [0, 0.1) is 5.92 Å². The molecule has 1 atom stereocenters. The van der Waals surface area contributed by atoms with Crippen molar-refractivity contribution >= 4 is 12.6 Å². The molecule has 1 aromatic rings. The molecule has 0 heterocycles. The fourth-order valence-electron chi connectivity index (χ4n) is 2.01. The van der Waals surface area contributed by atoms with Crippen molar-refractivity contribution in [1.82, 2.24) is 0 Å². The molecule has 0 aliphatic heterocycles. The molecule has 1 N–H and O–H groups in total. The summed E-state index contributed by atoms with van der Waals surface area (Å²) in [5, 5.41) is 9.65. The predicted octanol–water partition coefficient (Wildman–Crippen LogP) is 1.69. The minimum Gasteiger partial charge on any atom is -0.392 e. The summed E-state index contributed by atoms with van der Waals surface area (Å²) in [4.78, 5) is 0. The number of aliphatic hydroxyl groups is 1. The third kappa shape index (κ3) is 1.74. The molecule has 0 radical (unpaired) electrons. The van der Waals surface area contributed by atoms with Crippen LogP contribution in [0.15, 0.2) is 24.3 Å². The molecular weight excluding hydrogens is 180 g/mol. The quantitative estimate of drug-likeness (QED) is 0.687. The van der Waals surface area contributed by atoms with Gasteiger partial charge in [0.1, 0.15) is 0 Å². The number of hydrogen-bond donors (Lipinski definition) is 2. The maximum Gasteiger partial charge on any atom is 0.0662 e. The van der Waals surface area contributed by atoms with E-state index >= 15 is 0 Å². The Hall–Kier alpha value is -0.470. The minimum atomic E-state index is -0.254. The van der Waals surface area contributed by atoms with E-state index in [0.29, 0.717) is 11.7 Å². The van der Waals surface area contributed by atoms with E-state index in [2.05, 4.69) is 36.9 Å². The van der Waals surface area contributed by atoms with Gasteiger partial charge in [-0.15, -0.1) is 0 Å². The second-order valence-electron chi connectivity index (χ2n) is 3.69. The molecule has 2 heteroatoms. The van der Waals surface area contributed by atoms with Crippen molar-refractivity contribution in [3.8, 4) is 0 Å². The van der Waals surface area contributed by atoms with Gasteiger partial charge in [0.2, 0.25) is 0 Å². The third-order valence-corrected chi connectivity index (χ3v) is 3.19. The van der Waals surface area contributed by atoms with Crippen LogP contribution in [0.2, 0.25) is 0 Å². The summed E-state index contributed by atoms with van der Waals surface area (Å²) < 4.78 is 0. The van der Waals surface area contributed by atoms with E-state index in [1.165, 1.54) is 11.1 Å². The Morgan fingerprint density at radius 2 is 1.85 bits per heavy atom. The number of benzene rings is 1. The standard InChI is InChI=1S/C11H14OS/c12-11(7-13)10-5-8-3-1-2-4-9(8)6-10/h1-4,10-13H,5-7H2. The zero-order valence-corrected chi connectivity index (χ0v) is 8.37. The monoisotopic (exact) mass is 194 g/mol. The van der Waals surface area contributed by atoms with E-state index in [4.69, 9.17) is 0 Å². The van der Waals surface area contributed by atoms with Crippen LogP contribution in [0.25, 0.3) is 0 Å². The fourth-order valence-corrected chi connectivity index (χ4v) is 2.31. The van der Waals surface area contributed by atoms with E-state index in [-0.39, 0.29) is 6.10 Å². The second kappa shape index (κ2) is 3.72. The number of thiol groups is 1. The van der Waals surface area contributed by atoms with E-state index in [1.54, 1.807) is 0 Å². The molecule has 0 saturated carbocycles. The topological polar surface area (TPSA) is 20.2 Å². The van der Waals surface area contributed by atoms with Crippen molar-refractivity contribution < 1.29 is 5.11 Å². The van der Waals surface area contributed by atoms with Crippen LogP contribution < -0.4 is 0 Å². The van der Waals surface area contributed by atoms with Gasteiger partial charge < -0.3 is 5.11 Å². The molecule has 13 heavy (non-hydrogen) atoms. The van der Waals surface area contributed by atoms with Crippen LogP contribution in [0.4, 0.5) is 0 Å². The highest BCUT2D eigenvalue weighted by molar-refractivity contribution is 7.80. The maximum absolute atomic E-state index is 9.65. The summed E-state index contributed by atoms with van der Waals surface area (Å²) in [6.45, 7) is 0. The zero-order chi connectivity index (χ0) is 9.26. The zero-order valence-electron chi connectivity index (χ0n) is 7.48. The fraction of sp³-hybridized carbons (Fsp3) is 0.455. The van der Waals surface area contributed by atoms with E-state index in [9.17, 15) is 5.11 Å². The van der Waals surface area contributed by atoms with Gasteiger partial charge in [0, 0.05) is 5.75 Å². The molecule has 1 aromatic carbocycles. The third-order valence-electron chi connectivity index (χ3n) is 2.81. The van der Waals surface area contributed by atoms with E-state index in [1.807, 2.05) is 0 Å². The summed E-state index contributed by atoms with van der Waals surface area (Å²) in [6, 6.07) is 8.43.